The molecule has 0 bridgehead atoms. The van der Waals surface area contributed by atoms with E-state index in [0.29, 0.717) is 18.8 Å². The van der Waals surface area contributed by atoms with Gasteiger partial charge in [0.15, 0.2) is 0 Å². The first-order chi connectivity index (χ1) is 23.0. The lowest BCUT2D eigenvalue weighted by atomic mass is 9.89. The largest absolute Gasteiger partial charge is 0.460 e. The van der Waals surface area contributed by atoms with Crippen molar-refractivity contribution in [3.63, 3.8) is 0 Å². The van der Waals surface area contributed by atoms with Crippen LogP contribution in [0.3, 0.4) is 0 Å². The van der Waals surface area contributed by atoms with Crippen molar-refractivity contribution in [3.8, 4) is 0 Å². The van der Waals surface area contributed by atoms with Crippen LogP contribution in [0.25, 0.3) is 0 Å². The molecule has 0 unspecified atom stereocenters. The third-order valence-electron chi connectivity index (χ3n) is 9.07. The van der Waals surface area contributed by atoms with Crippen LogP contribution in [0.15, 0.2) is 146 Å². The third-order valence-corrected chi connectivity index (χ3v) is 9.07. The quantitative estimate of drug-likeness (QED) is 0.126. The normalized spacial score (nSPS) is 15.4. The lowest BCUT2D eigenvalue weighted by molar-refractivity contribution is -0.149. The predicted molar refractivity (Wildman–Crippen MR) is 187 cm³/mol. The molecule has 0 radical (unpaired) electrons. The fourth-order valence-electron chi connectivity index (χ4n) is 6.64. The molecule has 2 N–H and O–H groups in total. The van der Waals surface area contributed by atoms with Crippen molar-refractivity contribution in [1.29, 1.82) is 0 Å². The SMILES string of the molecule is CN(C(=O)C(c1ccccc1)c1ccccc1)[C@H](CN1CC[C@H](OC(=O)C(c2ccccc2)c2ccccc2)C1)c1cccc(N)c1. The van der Waals surface area contributed by atoms with Gasteiger partial charge in [0.05, 0.1) is 12.0 Å². The first-order valence-electron chi connectivity index (χ1n) is 16.2. The van der Waals surface area contributed by atoms with Gasteiger partial charge in [0, 0.05) is 32.4 Å². The van der Waals surface area contributed by atoms with Gasteiger partial charge in [-0.3, -0.25) is 14.5 Å². The van der Waals surface area contributed by atoms with Gasteiger partial charge >= 0.3 is 5.97 Å². The molecule has 238 valence electrons. The summed E-state index contributed by atoms with van der Waals surface area (Å²) in [6, 6.07) is 47.0. The Bertz CT molecular complexity index is 1670. The van der Waals surface area contributed by atoms with Gasteiger partial charge in [-0.15, -0.1) is 0 Å². The number of anilines is 1. The van der Waals surface area contributed by atoms with Crippen molar-refractivity contribution in [2.24, 2.45) is 0 Å². The van der Waals surface area contributed by atoms with Crippen LogP contribution >= 0.6 is 0 Å². The van der Waals surface area contributed by atoms with Crippen LogP contribution in [0, 0.1) is 0 Å². The van der Waals surface area contributed by atoms with E-state index in [4.69, 9.17) is 10.5 Å². The van der Waals surface area contributed by atoms with E-state index in [9.17, 15) is 9.59 Å². The number of amides is 1. The van der Waals surface area contributed by atoms with Gasteiger partial charge in [0.25, 0.3) is 0 Å². The van der Waals surface area contributed by atoms with Crippen LogP contribution in [0.4, 0.5) is 5.69 Å². The molecule has 0 aliphatic carbocycles. The van der Waals surface area contributed by atoms with E-state index >= 15 is 0 Å². The number of carbonyl (C=O) groups is 2. The molecule has 1 saturated heterocycles. The van der Waals surface area contributed by atoms with Crippen molar-refractivity contribution in [3.05, 3.63) is 173 Å². The molecule has 1 aliphatic rings. The minimum atomic E-state index is -0.497. The van der Waals surface area contributed by atoms with Gasteiger partial charge < -0.3 is 15.4 Å². The monoisotopic (exact) mass is 623 g/mol. The molecular weight excluding hydrogens is 582 g/mol. The van der Waals surface area contributed by atoms with E-state index in [-0.39, 0.29) is 24.0 Å². The highest BCUT2D eigenvalue weighted by Gasteiger charge is 2.35. The Hall–Kier alpha value is -5.20. The summed E-state index contributed by atoms with van der Waals surface area (Å²) >= 11 is 0. The van der Waals surface area contributed by atoms with E-state index in [2.05, 4.69) is 4.90 Å². The van der Waals surface area contributed by atoms with Crippen molar-refractivity contribution >= 4 is 17.6 Å². The second kappa shape index (κ2) is 14.9. The zero-order valence-corrected chi connectivity index (χ0v) is 26.7. The third kappa shape index (κ3) is 7.62. The molecule has 0 aromatic heterocycles. The maximum absolute atomic E-state index is 14.5. The Morgan fingerprint density at radius 1 is 0.702 bits per heavy atom. The first-order valence-corrected chi connectivity index (χ1v) is 16.2. The van der Waals surface area contributed by atoms with Gasteiger partial charge in [0.1, 0.15) is 12.0 Å². The average molecular weight is 624 g/mol. The lowest BCUT2D eigenvalue weighted by Crippen LogP contribution is -2.41. The minimum absolute atomic E-state index is 0.00515. The summed E-state index contributed by atoms with van der Waals surface area (Å²) in [6.45, 7) is 1.92. The number of likely N-dealkylation sites (tertiary alicyclic amines) is 1. The van der Waals surface area contributed by atoms with Crippen LogP contribution in [-0.2, 0) is 14.3 Å². The number of carbonyl (C=O) groups excluding carboxylic acids is 2. The van der Waals surface area contributed by atoms with E-state index in [0.717, 1.165) is 40.8 Å². The summed E-state index contributed by atoms with van der Waals surface area (Å²) in [4.78, 5) is 32.3. The summed E-state index contributed by atoms with van der Waals surface area (Å²) in [5.74, 6) is -1.19. The number of ether oxygens (including phenoxy) is 1. The van der Waals surface area contributed by atoms with Gasteiger partial charge in [0.2, 0.25) is 5.91 Å². The molecule has 6 heteroatoms. The Morgan fingerprint density at radius 2 is 1.17 bits per heavy atom. The molecule has 5 aromatic rings. The number of rotatable bonds is 11. The molecule has 6 rings (SSSR count). The predicted octanol–water partition coefficient (Wildman–Crippen LogP) is 7.05. The van der Waals surface area contributed by atoms with Crippen molar-refractivity contribution in [2.75, 3.05) is 32.4 Å². The minimum Gasteiger partial charge on any atom is -0.460 e. The summed E-state index contributed by atoms with van der Waals surface area (Å²) in [5, 5.41) is 0. The highest BCUT2D eigenvalue weighted by atomic mass is 16.5. The number of esters is 1. The molecule has 0 saturated carbocycles. The number of likely N-dealkylation sites (N-methyl/N-ethyl adjacent to an activating group) is 1. The van der Waals surface area contributed by atoms with Crippen LogP contribution in [0.5, 0.6) is 0 Å². The van der Waals surface area contributed by atoms with Crippen LogP contribution in [0.2, 0.25) is 0 Å². The van der Waals surface area contributed by atoms with E-state index in [1.54, 1.807) is 0 Å². The Balaban J connectivity index is 1.21. The molecule has 5 aromatic carbocycles. The highest BCUT2D eigenvalue weighted by Crippen LogP contribution is 2.33. The topological polar surface area (TPSA) is 75.9 Å². The van der Waals surface area contributed by atoms with Crippen molar-refractivity contribution in [1.82, 2.24) is 9.80 Å². The first kappa shape index (κ1) is 31.8. The van der Waals surface area contributed by atoms with Crippen molar-refractivity contribution in [2.45, 2.75) is 30.4 Å². The molecule has 1 heterocycles. The lowest BCUT2D eigenvalue weighted by Gasteiger charge is -2.34. The molecule has 0 spiro atoms. The van der Waals surface area contributed by atoms with E-state index in [1.165, 1.54) is 0 Å². The zero-order chi connectivity index (χ0) is 32.6. The van der Waals surface area contributed by atoms with Gasteiger partial charge in [-0.2, -0.15) is 0 Å². The fourth-order valence-corrected chi connectivity index (χ4v) is 6.64. The smallest absolute Gasteiger partial charge is 0.318 e. The second-order valence-corrected chi connectivity index (χ2v) is 12.3. The average Bonchev–Trinajstić information content (AvgIpc) is 3.55. The number of benzene rings is 5. The maximum atomic E-state index is 14.5. The molecule has 47 heavy (non-hydrogen) atoms. The maximum Gasteiger partial charge on any atom is 0.318 e. The number of nitrogens with zero attached hydrogens (tertiary/aromatic N) is 2. The van der Waals surface area contributed by atoms with Gasteiger partial charge in [-0.1, -0.05) is 133 Å². The fraction of sp³-hybridized carbons (Fsp3) is 0.220. The number of hydrogen-bond acceptors (Lipinski definition) is 5. The molecule has 1 aliphatic heterocycles. The molecular formula is C41H41N3O3. The molecule has 1 amide bonds. The van der Waals surface area contributed by atoms with Crippen LogP contribution in [-0.4, -0.2) is 54.5 Å². The molecule has 1 fully saturated rings. The van der Waals surface area contributed by atoms with Gasteiger partial charge in [-0.25, -0.2) is 0 Å². The van der Waals surface area contributed by atoms with Crippen molar-refractivity contribution < 1.29 is 14.3 Å². The van der Waals surface area contributed by atoms with Crippen LogP contribution in [0.1, 0.15) is 52.1 Å². The Labute approximate surface area is 277 Å². The molecule has 2 atom stereocenters. The molecule has 6 nitrogen and oxygen atoms in total. The summed E-state index contributed by atoms with van der Waals surface area (Å²) in [6.07, 6.45) is 0.473. The summed E-state index contributed by atoms with van der Waals surface area (Å²) < 4.78 is 6.20. The summed E-state index contributed by atoms with van der Waals surface area (Å²) in [7, 11) is 1.88. The standard InChI is InChI=1S/C41H41N3O3/c1-43(40(45)38(30-15-6-2-7-16-30)31-17-8-3-9-18-31)37(34-23-14-24-35(42)27-34)29-44-26-25-36(28-44)47-41(46)39(32-19-10-4-11-20-32)33-21-12-5-13-22-33/h2-24,27,36-39H,25-26,28-29,42H2,1H3/t36-,37+/m0/s1. The number of nitrogens with two attached hydrogens (primary N) is 1. The summed E-state index contributed by atoms with van der Waals surface area (Å²) in [5.41, 5.74) is 11.6. The van der Waals surface area contributed by atoms with Crippen LogP contribution < -0.4 is 5.73 Å². The number of hydrogen-bond donors (Lipinski definition) is 1. The van der Waals surface area contributed by atoms with E-state index < -0.39 is 11.8 Å². The highest BCUT2D eigenvalue weighted by molar-refractivity contribution is 5.87. The Kier molecular flexibility index (Phi) is 10.1. The second-order valence-electron chi connectivity index (χ2n) is 12.3. The zero-order valence-electron chi connectivity index (χ0n) is 26.7. The number of nitrogen functional groups attached to an aromatic ring is 1. The van der Waals surface area contributed by atoms with Gasteiger partial charge in [-0.05, 0) is 46.4 Å². The Morgan fingerprint density at radius 3 is 1.66 bits per heavy atom. The van der Waals surface area contributed by atoms with E-state index in [1.807, 2.05) is 158 Å².